The van der Waals surface area contributed by atoms with Gasteiger partial charge in [-0.2, -0.15) is 0 Å². The number of alkyl carbamates (subject to hydrolysis) is 1. The Labute approximate surface area is 172 Å². The number of carbonyl (C=O) groups excluding carboxylic acids is 4. The van der Waals surface area contributed by atoms with Gasteiger partial charge in [-0.1, -0.05) is 48.5 Å². The molecule has 9 heteroatoms. The largest absolute Gasteiger partial charge is 0.449 e. The Bertz CT molecular complexity index is 945. The maximum absolute atomic E-state index is 12.3. The first-order valence-electron chi connectivity index (χ1n) is 9.32. The summed E-state index contributed by atoms with van der Waals surface area (Å²) in [7, 11) is 0. The van der Waals surface area contributed by atoms with Crippen LogP contribution in [0.15, 0.2) is 48.5 Å². The van der Waals surface area contributed by atoms with Gasteiger partial charge in [0.15, 0.2) is 0 Å². The third kappa shape index (κ3) is 4.75. The van der Waals surface area contributed by atoms with Gasteiger partial charge in [0.05, 0.1) is 13.0 Å². The fourth-order valence-electron chi connectivity index (χ4n) is 3.49. The van der Waals surface area contributed by atoms with Gasteiger partial charge in [-0.05, 0) is 22.3 Å². The number of nitrogens with one attached hydrogen (secondary N) is 2. The molecule has 3 rings (SSSR count). The molecule has 1 aliphatic rings. The topological polar surface area (TPSA) is 154 Å². The molecule has 6 N–H and O–H groups in total. The molecule has 0 fully saturated rings. The van der Waals surface area contributed by atoms with Crippen LogP contribution in [0.4, 0.5) is 4.79 Å². The van der Waals surface area contributed by atoms with Gasteiger partial charge in [-0.3, -0.25) is 14.4 Å². The molecule has 30 heavy (non-hydrogen) atoms. The zero-order chi connectivity index (χ0) is 21.7. The van der Waals surface area contributed by atoms with Crippen molar-refractivity contribution in [3.8, 4) is 11.1 Å². The highest BCUT2D eigenvalue weighted by Gasteiger charge is 2.30. The molecule has 4 amide bonds. The van der Waals surface area contributed by atoms with Crippen LogP contribution in [0.1, 0.15) is 23.5 Å². The lowest BCUT2D eigenvalue weighted by atomic mass is 9.98. The minimum atomic E-state index is -1.28. The van der Waals surface area contributed by atoms with E-state index in [1.165, 1.54) is 0 Å². The molecule has 0 aliphatic heterocycles. The summed E-state index contributed by atoms with van der Waals surface area (Å²) >= 11 is 0. The number of hydrogen-bond acceptors (Lipinski definition) is 5. The Kier molecular flexibility index (Phi) is 6.31. The van der Waals surface area contributed by atoms with E-state index in [2.05, 4.69) is 10.6 Å². The highest BCUT2D eigenvalue weighted by atomic mass is 16.5. The quantitative estimate of drug-likeness (QED) is 0.495. The smallest absolute Gasteiger partial charge is 0.407 e. The number of fused-ring (bicyclic) bond motifs is 3. The van der Waals surface area contributed by atoms with Crippen LogP contribution in [0.2, 0.25) is 0 Å². The Morgan fingerprint density at radius 3 is 2.00 bits per heavy atom. The van der Waals surface area contributed by atoms with Crippen molar-refractivity contribution >= 4 is 23.8 Å². The average molecular weight is 410 g/mol. The molecule has 0 saturated heterocycles. The molecule has 156 valence electrons. The summed E-state index contributed by atoms with van der Waals surface area (Å²) in [5, 5.41) is 4.54. The van der Waals surface area contributed by atoms with Crippen LogP contribution in [0, 0.1) is 0 Å². The normalized spacial score (nSPS) is 12.9. The van der Waals surface area contributed by atoms with E-state index in [1.54, 1.807) is 0 Å². The number of nitrogens with two attached hydrogens (primary N) is 2. The van der Waals surface area contributed by atoms with Gasteiger partial charge >= 0.3 is 6.09 Å². The molecule has 0 saturated carbocycles. The SMILES string of the molecule is NC(=O)CNC(=O)[C@H](CC(N)=O)NC(=O)OCC1c2ccccc2-c2ccccc21. The van der Waals surface area contributed by atoms with E-state index in [-0.39, 0.29) is 12.5 Å². The Balaban J connectivity index is 1.66. The van der Waals surface area contributed by atoms with E-state index < -0.39 is 42.8 Å². The lowest BCUT2D eigenvalue weighted by Gasteiger charge is -2.18. The second-order valence-electron chi connectivity index (χ2n) is 6.88. The van der Waals surface area contributed by atoms with E-state index in [9.17, 15) is 19.2 Å². The van der Waals surface area contributed by atoms with Crippen LogP contribution in [0.3, 0.4) is 0 Å². The Morgan fingerprint density at radius 2 is 1.47 bits per heavy atom. The van der Waals surface area contributed by atoms with Gasteiger partial charge < -0.3 is 26.8 Å². The minimum absolute atomic E-state index is 0.0477. The molecular formula is C21H22N4O5. The van der Waals surface area contributed by atoms with E-state index in [0.29, 0.717) is 0 Å². The van der Waals surface area contributed by atoms with Crippen molar-refractivity contribution in [2.24, 2.45) is 11.5 Å². The number of amides is 4. The molecule has 0 bridgehead atoms. The Hall–Kier alpha value is -3.88. The van der Waals surface area contributed by atoms with Crippen LogP contribution in [0.5, 0.6) is 0 Å². The van der Waals surface area contributed by atoms with E-state index >= 15 is 0 Å². The second-order valence-corrected chi connectivity index (χ2v) is 6.88. The monoisotopic (exact) mass is 410 g/mol. The molecule has 2 aromatic carbocycles. The number of carbonyl (C=O) groups is 4. The number of hydrogen-bond donors (Lipinski definition) is 4. The summed E-state index contributed by atoms with van der Waals surface area (Å²) in [6, 6.07) is 14.4. The van der Waals surface area contributed by atoms with E-state index in [1.807, 2.05) is 48.5 Å². The predicted octanol–water partition coefficient (Wildman–Crippen LogP) is 0.371. The van der Waals surface area contributed by atoms with Crippen molar-refractivity contribution in [2.75, 3.05) is 13.2 Å². The van der Waals surface area contributed by atoms with Crippen molar-refractivity contribution in [3.63, 3.8) is 0 Å². The summed E-state index contributed by atoms with van der Waals surface area (Å²) in [6.45, 7) is -0.382. The number of rotatable bonds is 8. The van der Waals surface area contributed by atoms with Gasteiger partial charge in [0, 0.05) is 5.92 Å². The van der Waals surface area contributed by atoms with Gasteiger partial charge in [-0.15, -0.1) is 0 Å². The third-order valence-corrected chi connectivity index (χ3v) is 4.79. The van der Waals surface area contributed by atoms with Crippen LogP contribution in [0.25, 0.3) is 11.1 Å². The lowest BCUT2D eigenvalue weighted by molar-refractivity contribution is -0.128. The maximum atomic E-state index is 12.3. The molecule has 2 aromatic rings. The van der Waals surface area contributed by atoms with Crippen LogP contribution >= 0.6 is 0 Å². The van der Waals surface area contributed by atoms with Crippen LogP contribution in [-0.4, -0.2) is 43.0 Å². The van der Waals surface area contributed by atoms with Gasteiger partial charge in [0.25, 0.3) is 0 Å². The molecule has 9 nitrogen and oxygen atoms in total. The summed E-state index contributed by atoms with van der Waals surface area (Å²) in [6.07, 6.45) is -1.33. The first kappa shape index (κ1) is 20.8. The molecule has 0 heterocycles. The summed E-state index contributed by atoms with van der Waals surface area (Å²) in [5.41, 5.74) is 14.4. The zero-order valence-electron chi connectivity index (χ0n) is 16.1. The van der Waals surface area contributed by atoms with Crippen molar-refractivity contribution in [1.29, 1.82) is 0 Å². The Morgan fingerprint density at radius 1 is 0.900 bits per heavy atom. The first-order chi connectivity index (χ1) is 14.4. The molecule has 1 aliphatic carbocycles. The summed E-state index contributed by atoms with van der Waals surface area (Å²) < 4.78 is 5.35. The first-order valence-corrected chi connectivity index (χ1v) is 9.32. The number of primary amides is 2. The summed E-state index contributed by atoms with van der Waals surface area (Å²) in [4.78, 5) is 46.5. The second kappa shape index (κ2) is 9.08. The fraction of sp³-hybridized carbons (Fsp3) is 0.238. The van der Waals surface area contributed by atoms with Crippen LogP contribution < -0.4 is 22.1 Å². The van der Waals surface area contributed by atoms with Crippen LogP contribution in [-0.2, 0) is 19.1 Å². The molecule has 0 unspecified atom stereocenters. The molecule has 0 spiro atoms. The van der Waals surface area contributed by atoms with E-state index in [0.717, 1.165) is 22.3 Å². The van der Waals surface area contributed by atoms with Crippen molar-refractivity contribution in [1.82, 2.24) is 10.6 Å². The van der Waals surface area contributed by atoms with Gasteiger partial charge in [0.2, 0.25) is 17.7 Å². The zero-order valence-corrected chi connectivity index (χ0v) is 16.1. The summed E-state index contributed by atoms with van der Waals surface area (Å²) in [5.74, 6) is -2.47. The molecule has 1 atom stereocenters. The lowest BCUT2D eigenvalue weighted by Crippen LogP contribution is -2.50. The van der Waals surface area contributed by atoms with Crippen molar-refractivity contribution < 1.29 is 23.9 Å². The fourth-order valence-corrected chi connectivity index (χ4v) is 3.49. The standard InChI is InChI=1S/C21H22N4O5/c22-18(26)9-17(20(28)24-10-19(23)27)25-21(29)30-11-16-14-7-3-1-5-12(14)13-6-2-4-8-15(13)16/h1-8,16-17H,9-11H2,(H2,22,26)(H2,23,27)(H,24,28)(H,25,29)/t17-/m0/s1. The highest BCUT2D eigenvalue weighted by molar-refractivity contribution is 5.92. The predicted molar refractivity (Wildman–Crippen MR) is 108 cm³/mol. The van der Waals surface area contributed by atoms with Crippen molar-refractivity contribution in [3.05, 3.63) is 59.7 Å². The van der Waals surface area contributed by atoms with Crippen molar-refractivity contribution in [2.45, 2.75) is 18.4 Å². The number of benzene rings is 2. The minimum Gasteiger partial charge on any atom is -0.449 e. The highest BCUT2D eigenvalue weighted by Crippen LogP contribution is 2.44. The number of ether oxygens (including phenoxy) is 1. The maximum Gasteiger partial charge on any atom is 0.407 e. The third-order valence-electron chi connectivity index (χ3n) is 4.79. The van der Waals surface area contributed by atoms with E-state index in [4.69, 9.17) is 16.2 Å². The molecular weight excluding hydrogens is 388 g/mol. The van der Waals surface area contributed by atoms with Gasteiger partial charge in [-0.25, -0.2) is 4.79 Å². The average Bonchev–Trinajstić information content (AvgIpc) is 3.03. The molecule has 0 aromatic heterocycles. The molecule has 0 radical (unpaired) electrons. The van der Waals surface area contributed by atoms with Gasteiger partial charge in [0.1, 0.15) is 12.6 Å².